The Balaban J connectivity index is 1.81. The van der Waals surface area contributed by atoms with Gasteiger partial charge in [0.25, 0.3) is 0 Å². The second kappa shape index (κ2) is 4.76. The van der Waals surface area contributed by atoms with Crippen molar-refractivity contribution in [1.82, 2.24) is 4.90 Å². The fraction of sp³-hybridized carbons (Fsp3) is 1.00. The highest BCUT2D eigenvalue weighted by molar-refractivity contribution is 4.92. The minimum atomic E-state index is -4.48. The van der Waals surface area contributed by atoms with E-state index in [4.69, 9.17) is 0 Å². The second-order valence-corrected chi connectivity index (χ2v) is 5.48. The third-order valence-corrected chi connectivity index (χ3v) is 4.20. The second-order valence-electron chi connectivity index (χ2n) is 5.48. The average Bonchev–Trinajstić information content (AvgIpc) is 2.73. The Labute approximate surface area is 99.8 Å². The number of aliphatic hydroxyl groups is 1. The minimum absolute atomic E-state index is 0.177. The van der Waals surface area contributed by atoms with Crippen LogP contribution in [0, 0.1) is 5.92 Å². The molecule has 0 amide bonds. The molecule has 17 heavy (non-hydrogen) atoms. The molecule has 0 atom stereocenters. The molecule has 2 nitrogen and oxygen atoms in total. The van der Waals surface area contributed by atoms with Gasteiger partial charge in [0.15, 0.2) is 5.60 Å². The molecular formula is C12H20F3NO. The number of piperidine rings is 1. The summed E-state index contributed by atoms with van der Waals surface area (Å²) in [5.41, 5.74) is -2.45. The van der Waals surface area contributed by atoms with E-state index in [0.717, 1.165) is 6.54 Å². The molecule has 1 saturated carbocycles. The van der Waals surface area contributed by atoms with E-state index in [1.807, 2.05) is 0 Å². The molecule has 0 aromatic rings. The lowest BCUT2D eigenvalue weighted by molar-refractivity contribution is -0.272. The Bertz CT molecular complexity index is 253. The number of hydrogen-bond acceptors (Lipinski definition) is 2. The Morgan fingerprint density at radius 3 is 2.12 bits per heavy atom. The van der Waals surface area contributed by atoms with E-state index in [1.165, 1.54) is 25.7 Å². The first kappa shape index (κ1) is 13.1. The van der Waals surface area contributed by atoms with Crippen LogP contribution >= 0.6 is 0 Å². The van der Waals surface area contributed by atoms with Crippen LogP contribution in [0.25, 0.3) is 0 Å². The molecule has 0 unspecified atom stereocenters. The molecule has 1 saturated heterocycles. The van der Waals surface area contributed by atoms with E-state index < -0.39 is 11.8 Å². The van der Waals surface area contributed by atoms with Crippen LogP contribution in [-0.2, 0) is 0 Å². The number of likely N-dealkylation sites (tertiary alicyclic amines) is 1. The highest BCUT2D eigenvalue weighted by Crippen LogP contribution is 2.38. The summed E-state index contributed by atoms with van der Waals surface area (Å²) in [4.78, 5) is 2.08. The van der Waals surface area contributed by atoms with Crippen LogP contribution in [0.3, 0.4) is 0 Å². The van der Waals surface area contributed by atoms with Gasteiger partial charge in [-0.25, -0.2) is 0 Å². The fourth-order valence-corrected chi connectivity index (χ4v) is 2.95. The predicted molar refractivity (Wildman–Crippen MR) is 58.6 cm³/mol. The number of nitrogens with zero attached hydrogens (tertiary/aromatic N) is 1. The molecule has 5 heteroatoms. The molecule has 0 bridgehead atoms. The number of rotatable bonds is 2. The molecule has 1 N–H and O–H groups in total. The van der Waals surface area contributed by atoms with Crippen molar-refractivity contribution in [3.05, 3.63) is 0 Å². The maximum atomic E-state index is 12.6. The van der Waals surface area contributed by atoms with Gasteiger partial charge in [0.1, 0.15) is 0 Å². The molecule has 0 aromatic carbocycles. The van der Waals surface area contributed by atoms with Gasteiger partial charge in [0.2, 0.25) is 0 Å². The normalized spacial score (nSPS) is 27.5. The Morgan fingerprint density at radius 2 is 1.65 bits per heavy atom. The van der Waals surface area contributed by atoms with Crippen LogP contribution in [0.5, 0.6) is 0 Å². The zero-order valence-corrected chi connectivity index (χ0v) is 9.97. The van der Waals surface area contributed by atoms with Gasteiger partial charge in [0, 0.05) is 19.6 Å². The summed E-state index contributed by atoms with van der Waals surface area (Å²) in [5, 5.41) is 9.53. The zero-order valence-electron chi connectivity index (χ0n) is 9.97. The van der Waals surface area contributed by atoms with Gasteiger partial charge >= 0.3 is 6.18 Å². The van der Waals surface area contributed by atoms with Gasteiger partial charge < -0.3 is 10.0 Å². The summed E-state index contributed by atoms with van der Waals surface area (Å²) >= 11 is 0. The molecule has 1 heterocycles. The predicted octanol–water partition coefficient (Wildman–Crippen LogP) is 2.57. The lowest BCUT2D eigenvalue weighted by Crippen LogP contribution is -2.53. The van der Waals surface area contributed by atoms with Crippen LogP contribution in [0.4, 0.5) is 13.2 Å². The highest BCUT2D eigenvalue weighted by Gasteiger charge is 2.54. The molecule has 2 rings (SSSR count). The standard InChI is InChI=1S/C12H20F3NO/c13-12(14,15)11(17)5-7-16(8-6-11)9-10-3-1-2-4-10/h10,17H,1-9H2. The summed E-state index contributed by atoms with van der Waals surface area (Å²) in [5.74, 6) is 0.659. The average molecular weight is 251 g/mol. The van der Waals surface area contributed by atoms with Crippen LogP contribution < -0.4 is 0 Å². The van der Waals surface area contributed by atoms with Crippen molar-refractivity contribution in [1.29, 1.82) is 0 Å². The van der Waals surface area contributed by atoms with Crippen molar-refractivity contribution in [2.24, 2.45) is 5.92 Å². The Hall–Kier alpha value is -0.290. The lowest BCUT2D eigenvalue weighted by atomic mass is 9.90. The van der Waals surface area contributed by atoms with Gasteiger partial charge in [-0.2, -0.15) is 13.2 Å². The smallest absolute Gasteiger partial charge is 0.380 e. The molecule has 1 aliphatic heterocycles. The van der Waals surface area contributed by atoms with Gasteiger partial charge in [-0.1, -0.05) is 12.8 Å². The SMILES string of the molecule is OC1(C(F)(F)F)CCN(CC2CCCC2)CC1. The first-order chi connectivity index (χ1) is 7.91. The number of halogens is 3. The fourth-order valence-electron chi connectivity index (χ4n) is 2.95. The summed E-state index contributed by atoms with van der Waals surface area (Å²) in [6, 6.07) is 0. The van der Waals surface area contributed by atoms with Gasteiger partial charge in [-0.3, -0.25) is 0 Å². The molecule has 100 valence electrons. The molecule has 0 radical (unpaired) electrons. The van der Waals surface area contributed by atoms with Crippen molar-refractivity contribution in [3.8, 4) is 0 Å². The maximum Gasteiger partial charge on any atom is 0.417 e. The quantitative estimate of drug-likeness (QED) is 0.815. The highest BCUT2D eigenvalue weighted by atomic mass is 19.4. The van der Waals surface area contributed by atoms with Gasteiger partial charge in [0.05, 0.1) is 0 Å². The van der Waals surface area contributed by atoms with Crippen LogP contribution in [0.15, 0.2) is 0 Å². The van der Waals surface area contributed by atoms with Crippen molar-refractivity contribution >= 4 is 0 Å². The summed E-state index contributed by atoms with van der Waals surface area (Å²) in [6.07, 6.45) is 0.0922. The summed E-state index contributed by atoms with van der Waals surface area (Å²) in [7, 11) is 0. The van der Waals surface area contributed by atoms with E-state index in [0.29, 0.717) is 19.0 Å². The van der Waals surface area contributed by atoms with Crippen LogP contribution in [0.2, 0.25) is 0 Å². The van der Waals surface area contributed by atoms with E-state index in [1.54, 1.807) is 0 Å². The zero-order chi connectivity index (χ0) is 12.5. The minimum Gasteiger partial charge on any atom is -0.380 e. The Morgan fingerprint density at radius 1 is 1.12 bits per heavy atom. The molecule has 0 aromatic heterocycles. The summed E-state index contributed by atoms with van der Waals surface area (Å²) in [6.45, 7) is 1.65. The van der Waals surface area contributed by atoms with Crippen LogP contribution in [-0.4, -0.2) is 41.4 Å². The third kappa shape index (κ3) is 2.94. The van der Waals surface area contributed by atoms with Crippen LogP contribution in [0.1, 0.15) is 38.5 Å². The number of hydrogen-bond donors (Lipinski definition) is 1. The lowest BCUT2D eigenvalue weighted by Gasteiger charge is -2.39. The maximum absolute atomic E-state index is 12.6. The molecule has 0 spiro atoms. The van der Waals surface area contributed by atoms with E-state index in [2.05, 4.69) is 4.90 Å². The number of alkyl halides is 3. The Kier molecular flexibility index (Phi) is 3.69. The van der Waals surface area contributed by atoms with E-state index in [9.17, 15) is 18.3 Å². The largest absolute Gasteiger partial charge is 0.417 e. The topological polar surface area (TPSA) is 23.5 Å². The van der Waals surface area contributed by atoms with Gasteiger partial charge in [-0.15, -0.1) is 0 Å². The monoisotopic (exact) mass is 251 g/mol. The van der Waals surface area contributed by atoms with E-state index >= 15 is 0 Å². The first-order valence-corrected chi connectivity index (χ1v) is 6.42. The van der Waals surface area contributed by atoms with Gasteiger partial charge in [-0.05, 0) is 31.6 Å². The summed E-state index contributed by atoms with van der Waals surface area (Å²) < 4.78 is 37.8. The van der Waals surface area contributed by atoms with Crippen molar-refractivity contribution in [3.63, 3.8) is 0 Å². The third-order valence-electron chi connectivity index (χ3n) is 4.20. The molecule has 1 aliphatic carbocycles. The molecule has 2 aliphatic rings. The van der Waals surface area contributed by atoms with Crippen molar-refractivity contribution in [2.45, 2.75) is 50.3 Å². The first-order valence-electron chi connectivity index (χ1n) is 6.42. The van der Waals surface area contributed by atoms with Crippen molar-refractivity contribution in [2.75, 3.05) is 19.6 Å². The molecular weight excluding hydrogens is 231 g/mol. The van der Waals surface area contributed by atoms with E-state index in [-0.39, 0.29) is 12.8 Å². The molecule has 2 fully saturated rings. The van der Waals surface area contributed by atoms with Crippen molar-refractivity contribution < 1.29 is 18.3 Å².